The molecule has 1 amide bonds. The van der Waals surface area contributed by atoms with Crippen LogP contribution >= 0.6 is 0 Å². The Kier molecular flexibility index (Phi) is 15.0. The summed E-state index contributed by atoms with van der Waals surface area (Å²) in [6, 6.07) is 0. The average Bonchev–Trinajstić information content (AvgIpc) is 2.91. The highest BCUT2D eigenvalue weighted by Gasteiger charge is 2.41. The fourth-order valence-corrected chi connectivity index (χ4v) is 7.61. The molecule has 4 saturated heterocycles. The minimum Gasteiger partial charge on any atom is -0.342 e. The van der Waals surface area contributed by atoms with E-state index in [1.807, 2.05) is 6.08 Å². The molecule has 4 rings (SSSR count). The molecule has 0 aromatic heterocycles. The van der Waals surface area contributed by atoms with Crippen LogP contribution < -0.4 is 0 Å². The van der Waals surface area contributed by atoms with Gasteiger partial charge in [-0.05, 0) is 95.1 Å². The minimum absolute atomic E-state index is 0.284. The second kappa shape index (κ2) is 18.2. The van der Waals surface area contributed by atoms with E-state index in [2.05, 4.69) is 29.0 Å². The second-order valence-corrected chi connectivity index (χ2v) is 12.7. The van der Waals surface area contributed by atoms with Crippen LogP contribution in [0.1, 0.15) is 128 Å². The smallest absolute Gasteiger partial charge is 0.225 e. The van der Waals surface area contributed by atoms with Gasteiger partial charge in [0.05, 0.1) is 0 Å². The minimum atomic E-state index is 0.284. The Hall–Kier alpha value is -1.09. The molecule has 4 bridgehead atoms. The van der Waals surface area contributed by atoms with Gasteiger partial charge in [0.15, 0.2) is 0 Å². The molecule has 4 aliphatic heterocycles. The maximum Gasteiger partial charge on any atom is 0.225 e. The third-order valence-electron chi connectivity index (χ3n) is 9.78. The van der Waals surface area contributed by atoms with Gasteiger partial charge in [0.1, 0.15) is 0 Å². The highest BCUT2D eigenvalue weighted by atomic mass is 16.2. The first-order valence-electron chi connectivity index (χ1n) is 16.5. The molecular formula is C34H60N2O. The van der Waals surface area contributed by atoms with Crippen LogP contribution in [0.4, 0.5) is 0 Å². The molecule has 3 heteroatoms. The van der Waals surface area contributed by atoms with E-state index in [0.29, 0.717) is 11.8 Å². The number of carbonyl (C=O) groups excluding carboxylic acids is 1. The van der Waals surface area contributed by atoms with Crippen LogP contribution in [0.15, 0.2) is 25.3 Å². The van der Waals surface area contributed by atoms with Gasteiger partial charge in [-0.3, -0.25) is 4.79 Å². The fourth-order valence-electron chi connectivity index (χ4n) is 7.61. The lowest BCUT2D eigenvalue weighted by Crippen LogP contribution is -2.51. The van der Waals surface area contributed by atoms with E-state index in [4.69, 9.17) is 0 Å². The molecule has 5 atom stereocenters. The van der Waals surface area contributed by atoms with Crippen LogP contribution in [-0.4, -0.2) is 48.4 Å². The van der Waals surface area contributed by atoms with Gasteiger partial charge in [-0.25, -0.2) is 0 Å². The first-order valence-corrected chi connectivity index (χ1v) is 16.5. The van der Waals surface area contributed by atoms with Gasteiger partial charge >= 0.3 is 0 Å². The lowest BCUT2D eigenvalue weighted by atomic mass is 9.69. The highest BCUT2D eigenvalue weighted by molar-refractivity contribution is 5.79. The number of likely N-dealkylation sites (tertiary alicyclic amines) is 1. The van der Waals surface area contributed by atoms with Crippen LogP contribution in [0.2, 0.25) is 0 Å². The number of amides is 1. The number of fused-ring (bicyclic) bond motifs is 11. The summed E-state index contributed by atoms with van der Waals surface area (Å²) in [4.78, 5) is 18.7. The number of piperidine rings is 2. The molecule has 0 aromatic carbocycles. The van der Waals surface area contributed by atoms with E-state index in [9.17, 15) is 4.79 Å². The van der Waals surface area contributed by atoms with E-state index in [-0.39, 0.29) is 5.92 Å². The Morgan fingerprint density at radius 2 is 1.41 bits per heavy atom. The number of rotatable bonds is 12. The third kappa shape index (κ3) is 10.9. The van der Waals surface area contributed by atoms with E-state index in [1.165, 1.54) is 122 Å². The first-order chi connectivity index (χ1) is 18.2. The Bertz CT molecular complexity index is 646. The van der Waals surface area contributed by atoms with E-state index in [0.717, 1.165) is 50.6 Å². The van der Waals surface area contributed by atoms with Crippen LogP contribution in [0.3, 0.4) is 0 Å². The van der Waals surface area contributed by atoms with E-state index >= 15 is 0 Å². The number of hydrogen-bond donors (Lipinski definition) is 0. The van der Waals surface area contributed by atoms with Crippen molar-refractivity contribution in [2.45, 2.75) is 128 Å². The molecule has 1 unspecified atom stereocenters. The molecule has 212 valence electrons. The van der Waals surface area contributed by atoms with Crippen molar-refractivity contribution < 1.29 is 4.79 Å². The number of allylic oxidation sites excluding steroid dienone is 2. The molecule has 37 heavy (non-hydrogen) atoms. The Morgan fingerprint density at radius 3 is 2.16 bits per heavy atom. The summed E-state index contributed by atoms with van der Waals surface area (Å²) in [5, 5.41) is 0. The highest BCUT2D eigenvalue weighted by Crippen LogP contribution is 2.40. The monoisotopic (exact) mass is 512 g/mol. The summed E-state index contributed by atoms with van der Waals surface area (Å²) in [5.74, 6) is 3.12. The van der Waals surface area contributed by atoms with Gasteiger partial charge in [-0.1, -0.05) is 76.4 Å². The Morgan fingerprint density at radius 1 is 0.730 bits per heavy atom. The molecule has 3 nitrogen and oxygen atoms in total. The van der Waals surface area contributed by atoms with Crippen molar-refractivity contribution in [3.05, 3.63) is 25.3 Å². The normalized spacial score (nSPS) is 30.1. The van der Waals surface area contributed by atoms with Crippen LogP contribution in [0.25, 0.3) is 0 Å². The summed E-state index contributed by atoms with van der Waals surface area (Å²) in [5.41, 5.74) is 0. The van der Waals surface area contributed by atoms with Crippen LogP contribution in [-0.2, 0) is 4.79 Å². The van der Waals surface area contributed by atoms with Gasteiger partial charge in [0.25, 0.3) is 0 Å². The fraction of sp³-hybridized carbons (Fsp3) is 0.853. The quantitative estimate of drug-likeness (QED) is 0.193. The van der Waals surface area contributed by atoms with Crippen molar-refractivity contribution in [2.24, 2.45) is 23.7 Å². The Labute approximate surface area is 230 Å². The average molecular weight is 513 g/mol. The molecule has 4 fully saturated rings. The molecular weight excluding hydrogens is 452 g/mol. The third-order valence-corrected chi connectivity index (χ3v) is 9.78. The predicted octanol–water partition coefficient (Wildman–Crippen LogP) is 8.80. The zero-order valence-electron chi connectivity index (χ0n) is 24.4. The maximum absolute atomic E-state index is 13.6. The van der Waals surface area contributed by atoms with Crippen molar-refractivity contribution in [3.8, 4) is 0 Å². The number of nitrogens with zero attached hydrogens (tertiary/aromatic N) is 2. The zero-order valence-corrected chi connectivity index (χ0v) is 24.4. The lowest BCUT2D eigenvalue weighted by molar-refractivity contribution is -0.142. The molecule has 0 saturated carbocycles. The summed E-state index contributed by atoms with van der Waals surface area (Å²) in [6.07, 6.45) is 30.0. The summed E-state index contributed by atoms with van der Waals surface area (Å²) < 4.78 is 0. The van der Waals surface area contributed by atoms with Crippen molar-refractivity contribution in [1.82, 2.24) is 9.80 Å². The predicted molar refractivity (Wildman–Crippen MR) is 160 cm³/mol. The standard InChI is InChI=1S/C34H60N2O/c1-3-5-7-9-14-18-22-31-28-35-24-19-16-13-11-10-12-15-17-21-30-27-32(33(31)23-26-35)29-36(34(30)37)25-20-8-6-4-2/h3-4,30-33H,1-2,5-29H2/t30-,31+,32+,33-/m1/s1. The number of unbranched alkanes of at least 4 members (excludes halogenated alkanes) is 6. The zero-order chi connectivity index (χ0) is 26.1. The Balaban J connectivity index is 1.68. The molecule has 0 spiro atoms. The molecule has 0 aliphatic carbocycles. The topological polar surface area (TPSA) is 23.6 Å². The van der Waals surface area contributed by atoms with Gasteiger partial charge < -0.3 is 9.80 Å². The molecule has 4 heterocycles. The van der Waals surface area contributed by atoms with E-state index < -0.39 is 0 Å². The van der Waals surface area contributed by atoms with Gasteiger partial charge in [0, 0.05) is 25.6 Å². The van der Waals surface area contributed by atoms with Crippen molar-refractivity contribution in [2.75, 3.05) is 32.7 Å². The van der Waals surface area contributed by atoms with Crippen LogP contribution in [0, 0.1) is 23.7 Å². The van der Waals surface area contributed by atoms with Crippen molar-refractivity contribution in [1.29, 1.82) is 0 Å². The number of carbonyl (C=O) groups is 1. The van der Waals surface area contributed by atoms with Crippen molar-refractivity contribution >= 4 is 5.91 Å². The summed E-state index contributed by atoms with van der Waals surface area (Å²) in [6.45, 7) is 13.7. The summed E-state index contributed by atoms with van der Waals surface area (Å²) >= 11 is 0. The second-order valence-electron chi connectivity index (χ2n) is 12.7. The van der Waals surface area contributed by atoms with Crippen LogP contribution in [0.5, 0.6) is 0 Å². The van der Waals surface area contributed by atoms with Gasteiger partial charge in [-0.15, -0.1) is 13.2 Å². The van der Waals surface area contributed by atoms with E-state index in [1.54, 1.807) is 0 Å². The van der Waals surface area contributed by atoms with Crippen molar-refractivity contribution in [3.63, 3.8) is 0 Å². The number of hydrogen-bond acceptors (Lipinski definition) is 2. The lowest BCUT2D eigenvalue weighted by Gasteiger charge is -2.47. The SMILES string of the molecule is C=CCCCCCC[C@H]1CN2CCCCCCCCCC[C@@H]3C[C@@H](CN(CCCCC=C)C3=O)[C@@H]1CC2. The maximum atomic E-state index is 13.6. The van der Waals surface area contributed by atoms with Gasteiger partial charge in [-0.2, -0.15) is 0 Å². The first kappa shape index (κ1) is 30.5. The largest absolute Gasteiger partial charge is 0.342 e. The van der Waals surface area contributed by atoms with Gasteiger partial charge in [0.2, 0.25) is 5.91 Å². The summed E-state index contributed by atoms with van der Waals surface area (Å²) in [7, 11) is 0. The molecule has 0 aromatic rings. The molecule has 0 radical (unpaired) electrons. The molecule has 0 N–H and O–H groups in total. The molecule has 4 aliphatic rings.